The molecule has 2 aromatic rings. The minimum Gasteiger partial charge on any atom is -0.346 e. The first-order valence-corrected chi connectivity index (χ1v) is 9.29. The van der Waals surface area contributed by atoms with Gasteiger partial charge < -0.3 is 10.2 Å². The maximum atomic E-state index is 5.63. The Hall–Kier alpha value is -1.43. The fourth-order valence-corrected chi connectivity index (χ4v) is 3.96. The van der Waals surface area contributed by atoms with Crippen LogP contribution in [0.2, 0.25) is 0 Å². The Balaban J connectivity index is 1.54. The second-order valence-electron chi connectivity index (χ2n) is 6.04. The minimum absolute atomic E-state index is 0.846. The van der Waals surface area contributed by atoms with Crippen molar-refractivity contribution in [3.05, 3.63) is 51.7 Å². The Morgan fingerprint density at radius 3 is 2.39 bits per heavy atom. The minimum atomic E-state index is 0.846. The highest BCUT2D eigenvalue weighted by atomic mass is 32.1. The number of anilines is 1. The fourth-order valence-electron chi connectivity index (χ4n) is 2.93. The number of para-hydroxylation sites is 1. The number of rotatable bonds is 3. The first-order valence-electron chi connectivity index (χ1n) is 8.00. The van der Waals surface area contributed by atoms with Crippen molar-refractivity contribution in [3.63, 3.8) is 0 Å². The number of hydrogen-bond acceptors (Lipinski definition) is 3. The molecule has 1 N–H and O–H groups in total. The number of hydrogen-bond donors (Lipinski definition) is 1. The van der Waals surface area contributed by atoms with E-state index >= 15 is 0 Å². The molecule has 23 heavy (non-hydrogen) atoms. The van der Waals surface area contributed by atoms with Crippen LogP contribution in [0.5, 0.6) is 0 Å². The van der Waals surface area contributed by atoms with Crippen LogP contribution in [-0.2, 0) is 6.54 Å². The molecule has 1 aromatic carbocycles. The monoisotopic (exact) mass is 345 g/mol. The molecule has 1 aliphatic heterocycles. The van der Waals surface area contributed by atoms with Crippen molar-refractivity contribution in [2.24, 2.45) is 0 Å². The van der Waals surface area contributed by atoms with Crippen molar-refractivity contribution >= 4 is 34.4 Å². The topological polar surface area (TPSA) is 18.5 Å². The van der Waals surface area contributed by atoms with Gasteiger partial charge in [0.2, 0.25) is 0 Å². The molecule has 1 fully saturated rings. The van der Waals surface area contributed by atoms with Crippen molar-refractivity contribution in [1.82, 2.24) is 9.80 Å². The standard InChI is InChI=1S/C18H23N3S2/c1-14-5-3-6-15(2)17(14)19-18(22)21-10-8-20(9-11-21)13-16-7-4-12-23-16/h3-7,12H,8-11,13H2,1-2H3,(H,19,22). The molecule has 0 saturated carbocycles. The number of thiophene rings is 1. The van der Waals surface area contributed by atoms with Crippen LogP contribution < -0.4 is 5.32 Å². The third-order valence-electron chi connectivity index (χ3n) is 4.33. The molecule has 0 unspecified atom stereocenters. The molecule has 1 aliphatic rings. The van der Waals surface area contributed by atoms with Gasteiger partial charge in [-0.2, -0.15) is 0 Å². The van der Waals surface area contributed by atoms with Gasteiger partial charge in [-0.15, -0.1) is 11.3 Å². The van der Waals surface area contributed by atoms with E-state index in [0.29, 0.717) is 0 Å². The Kier molecular flexibility index (Phi) is 5.30. The van der Waals surface area contributed by atoms with E-state index in [1.54, 1.807) is 0 Å². The third-order valence-corrected chi connectivity index (χ3v) is 5.55. The highest BCUT2D eigenvalue weighted by Gasteiger charge is 2.19. The van der Waals surface area contributed by atoms with Gasteiger partial charge in [0.25, 0.3) is 0 Å². The van der Waals surface area contributed by atoms with Gasteiger partial charge in [0.05, 0.1) is 0 Å². The Morgan fingerprint density at radius 1 is 1.09 bits per heavy atom. The summed E-state index contributed by atoms with van der Waals surface area (Å²) in [6, 6.07) is 10.7. The van der Waals surface area contributed by atoms with Crippen molar-refractivity contribution in [3.8, 4) is 0 Å². The summed E-state index contributed by atoms with van der Waals surface area (Å²) < 4.78 is 0. The molecule has 5 heteroatoms. The lowest BCUT2D eigenvalue weighted by atomic mass is 10.1. The average Bonchev–Trinajstić information content (AvgIpc) is 3.04. The van der Waals surface area contributed by atoms with Gasteiger partial charge in [-0.1, -0.05) is 24.3 Å². The highest BCUT2D eigenvalue weighted by Crippen LogP contribution is 2.20. The molecular formula is C18H23N3S2. The summed E-state index contributed by atoms with van der Waals surface area (Å²) in [5, 5.41) is 6.44. The molecule has 2 heterocycles. The normalized spacial score (nSPS) is 15.7. The molecule has 1 saturated heterocycles. The van der Waals surface area contributed by atoms with Crippen LogP contribution in [0.25, 0.3) is 0 Å². The quantitative estimate of drug-likeness (QED) is 0.851. The van der Waals surface area contributed by atoms with Gasteiger partial charge in [-0.05, 0) is 48.6 Å². The number of nitrogens with zero attached hydrogens (tertiary/aromatic N) is 2. The van der Waals surface area contributed by atoms with Gasteiger partial charge in [-0.3, -0.25) is 4.90 Å². The summed E-state index contributed by atoms with van der Waals surface area (Å²) in [7, 11) is 0. The molecule has 122 valence electrons. The number of piperazine rings is 1. The van der Waals surface area contributed by atoms with Crippen LogP contribution in [0.4, 0.5) is 5.69 Å². The molecule has 0 aliphatic carbocycles. The van der Waals surface area contributed by atoms with Crippen LogP contribution in [0.3, 0.4) is 0 Å². The molecule has 0 radical (unpaired) electrons. The molecule has 0 atom stereocenters. The van der Waals surface area contributed by atoms with Crippen molar-refractivity contribution in [1.29, 1.82) is 0 Å². The Labute approximate surface area is 147 Å². The fraction of sp³-hybridized carbons (Fsp3) is 0.389. The van der Waals surface area contributed by atoms with Crippen LogP contribution in [0.15, 0.2) is 35.7 Å². The lowest BCUT2D eigenvalue weighted by Gasteiger charge is -2.36. The zero-order valence-corrected chi connectivity index (χ0v) is 15.3. The molecule has 1 aromatic heterocycles. The van der Waals surface area contributed by atoms with E-state index in [9.17, 15) is 0 Å². The summed E-state index contributed by atoms with van der Waals surface area (Å²) in [5.74, 6) is 0. The molecule has 0 bridgehead atoms. The van der Waals surface area contributed by atoms with Crippen LogP contribution in [0.1, 0.15) is 16.0 Å². The number of aryl methyl sites for hydroxylation is 2. The SMILES string of the molecule is Cc1cccc(C)c1NC(=S)N1CCN(Cc2cccs2)CC1. The largest absolute Gasteiger partial charge is 0.346 e. The third kappa shape index (κ3) is 4.10. The molecule has 3 rings (SSSR count). The zero-order chi connectivity index (χ0) is 16.2. The predicted molar refractivity (Wildman–Crippen MR) is 103 cm³/mol. The summed E-state index contributed by atoms with van der Waals surface area (Å²) in [4.78, 5) is 6.23. The van der Waals surface area contributed by atoms with E-state index in [4.69, 9.17) is 12.2 Å². The Morgan fingerprint density at radius 2 is 1.78 bits per heavy atom. The summed E-state index contributed by atoms with van der Waals surface area (Å²) in [6.07, 6.45) is 0. The predicted octanol–water partition coefficient (Wildman–Crippen LogP) is 3.88. The van der Waals surface area contributed by atoms with E-state index < -0.39 is 0 Å². The summed E-state index contributed by atoms with van der Waals surface area (Å²) in [5.41, 5.74) is 3.63. The lowest BCUT2D eigenvalue weighted by molar-refractivity contribution is 0.178. The van der Waals surface area contributed by atoms with Gasteiger partial charge in [-0.25, -0.2) is 0 Å². The Bertz CT molecular complexity index is 639. The number of thiocarbonyl (C=S) groups is 1. The van der Waals surface area contributed by atoms with E-state index in [1.807, 2.05) is 11.3 Å². The molecular weight excluding hydrogens is 322 g/mol. The van der Waals surface area contributed by atoms with E-state index in [0.717, 1.165) is 43.5 Å². The smallest absolute Gasteiger partial charge is 0.173 e. The van der Waals surface area contributed by atoms with Gasteiger partial charge in [0.1, 0.15) is 0 Å². The summed E-state index contributed by atoms with van der Waals surface area (Å²) in [6.45, 7) is 9.40. The molecule has 0 spiro atoms. The van der Waals surface area contributed by atoms with Crippen LogP contribution in [-0.4, -0.2) is 41.1 Å². The first kappa shape index (κ1) is 16.4. The highest BCUT2D eigenvalue weighted by molar-refractivity contribution is 7.80. The molecule has 0 amide bonds. The van der Waals surface area contributed by atoms with Gasteiger partial charge >= 0.3 is 0 Å². The lowest BCUT2D eigenvalue weighted by Crippen LogP contribution is -2.49. The first-order chi connectivity index (χ1) is 11.1. The van der Waals surface area contributed by atoms with E-state index in [1.165, 1.54) is 16.0 Å². The number of nitrogens with one attached hydrogen (secondary N) is 1. The van der Waals surface area contributed by atoms with E-state index in [2.05, 4.69) is 64.7 Å². The maximum Gasteiger partial charge on any atom is 0.173 e. The van der Waals surface area contributed by atoms with Crippen LogP contribution >= 0.6 is 23.6 Å². The molecule has 3 nitrogen and oxygen atoms in total. The van der Waals surface area contributed by atoms with Gasteiger partial charge in [0.15, 0.2) is 5.11 Å². The van der Waals surface area contributed by atoms with Crippen molar-refractivity contribution < 1.29 is 0 Å². The number of benzene rings is 1. The second-order valence-corrected chi connectivity index (χ2v) is 7.46. The van der Waals surface area contributed by atoms with Crippen molar-refractivity contribution in [2.45, 2.75) is 20.4 Å². The summed E-state index contributed by atoms with van der Waals surface area (Å²) >= 11 is 7.46. The average molecular weight is 346 g/mol. The second kappa shape index (κ2) is 7.43. The van der Waals surface area contributed by atoms with E-state index in [-0.39, 0.29) is 0 Å². The van der Waals surface area contributed by atoms with Gasteiger partial charge in [0, 0.05) is 43.3 Å². The van der Waals surface area contributed by atoms with Crippen LogP contribution in [0, 0.1) is 13.8 Å². The maximum absolute atomic E-state index is 5.63. The zero-order valence-electron chi connectivity index (χ0n) is 13.7. The van der Waals surface area contributed by atoms with Crippen molar-refractivity contribution in [2.75, 3.05) is 31.5 Å².